The molecule has 0 aromatic carbocycles. The van der Waals surface area contributed by atoms with Crippen LogP contribution in [0.4, 0.5) is 0 Å². The molecule has 0 N–H and O–H groups in total. The van der Waals surface area contributed by atoms with Crippen molar-refractivity contribution in [3.63, 3.8) is 0 Å². The Morgan fingerprint density at radius 2 is 2.00 bits per heavy atom. The summed E-state index contributed by atoms with van der Waals surface area (Å²) in [5.41, 5.74) is 1.23. The molecule has 0 aliphatic carbocycles. The Morgan fingerprint density at radius 1 is 1.40 bits per heavy atom. The second kappa shape index (κ2) is 2.95. The molecule has 10 heavy (non-hydrogen) atoms. The van der Waals surface area contributed by atoms with Crippen LogP contribution in [0.3, 0.4) is 0 Å². The maximum Gasteiger partial charge on any atom is 0.378 e. The molecule has 58 valence electrons. The van der Waals surface area contributed by atoms with Crippen LogP contribution in [0, 0.1) is 5.92 Å². The first kappa shape index (κ1) is 7.45. The molecular weight excluding hydrogens is 128 g/mol. The van der Waals surface area contributed by atoms with Gasteiger partial charge in [-0.25, -0.2) is 9.78 Å². The molecule has 1 rings (SSSR count). The Morgan fingerprint density at radius 3 is 2.40 bits per heavy atom. The normalized spacial score (nSPS) is 14.6. The van der Waals surface area contributed by atoms with Gasteiger partial charge in [-0.3, -0.25) is 0 Å². The summed E-state index contributed by atoms with van der Waals surface area (Å²) >= 11 is 0. The summed E-state index contributed by atoms with van der Waals surface area (Å²) in [6, 6.07) is 0. The Hall–Kier alpha value is -0.660. The number of allylic oxidation sites excluding steroid dienone is 1. The number of rotatable bonds is 3. The molecule has 0 saturated carbocycles. The zero-order chi connectivity index (χ0) is 7.56. The lowest BCUT2D eigenvalue weighted by Crippen LogP contribution is -1.87. The molecule has 1 aliphatic heterocycles. The van der Waals surface area contributed by atoms with Crippen molar-refractivity contribution >= 4 is 0 Å². The zero-order valence-electron chi connectivity index (χ0n) is 6.81. The van der Waals surface area contributed by atoms with Crippen LogP contribution in [-0.2, 0) is 9.78 Å². The van der Waals surface area contributed by atoms with E-state index in [-0.39, 0.29) is 0 Å². The van der Waals surface area contributed by atoms with Crippen molar-refractivity contribution in [1.82, 2.24) is 0 Å². The van der Waals surface area contributed by atoms with Gasteiger partial charge < -0.3 is 0 Å². The topological polar surface area (TPSA) is 25.1 Å². The summed E-state index contributed by atoms with van der Waals surface area (Å²) in [6.07, 6.45) is 2.30. The number of hydrogen-bond acceptors (Lipinski definition) is 2. The number of hydrogen-bond donors (Lipinski definition) is 0. The Labute approximate surface area is 61.8 Å². The molecule has 0 amide bonds. The first-order valence-corrected chi connectivity index (χ1v) is 3.74. The van der Waals surface area contributed by atoms with Crippen LogP contribution in [0.5, 0.6) is 0 Å². The van der Waals surface area contributed by atoms with Crippen molar-refractivity contribution < 1.29 is 9.78 Å². The first-order valence-electron chi connectivity index (χ1n) is 3.74. The van der Waals surface area contributed by atoms with E-state index in [9.17, 15) is 0 Å². The Bertz CT molecular complexity index is 141. The highest BCUT2D eigenvalue weighted by molar-refractivity contribution is 5.02. The standard InChI is InChI=1S/C8H14O2/c1-6(2)4-5-7(3)8-9-10-8/h6H,4-5H2,1-3H3. The highest BCUT2D eigenvalue weighted by atomic mass is 17.4. The maximum atomic E-state index is 4.58. The predicted molar refractivity (Wildman–Crippen MR) is 38.9 cm³/mol. The van der Waals surface area contributed by atoms with E-state index < -0.39 is 0 Å². The summed E-state index contributed by atoms with van der Waals surface area (Å²) in [5, 5.41) is 0. The molecule has 2 nitrogen and oxygen atoms in total. The van der Waals surface area contributed by atoms with Crippen molar-refractivity contribution in [2.24, 2.45) is 5.92 Å². The van der Waals surface area contributed by atoms with Gasteiger partial charge in [-0.15, -0.1) is 0 Å². The monoisotopic (exact) mass is 142 g/mol. The van der Waals surface area contributed by atoms with Crippen LogP contribution in [0.15, 0.2) is 11.5 Å². The van der Waals surface area contributed by atoms with E-state index in [4.69, 9.17) is 0 Å². The van der Waals surface area contributed by atoms with Gasteiger partial charge >= 0.3 is 5.95 Å². The molecule has 0 unspecified atom stereocenters. The molecular formula is C8H14O2. The van der Waals surface area contributed by atoms with Crippen molar-refractivity contribution in [2.45, 2.75) is 33.6 Å². The molecule has 0 spiro atoms. The lowest BCUT2D eigenvalue weighted by atomic mass is 10.0. The van der Waals surface area contributed by atoms with E-state index in [2.05, 4.69) is 23.6 Å². The van der Waals surface area contributed by atoms with Gasteiger partial charge in [0, 0.05) is 5.57 Å². The minimum Gasteiger partial charge on any atom is -0.242 e. The lowest BCUT2D eigenvalue weighted by Gasteiger charge is -2.00. The average Bonchev–Trinajstić information content (AvgIpc) is 2.63. The SMILES string of the molecule is CC(CCC(C)C)=C1OO1. The van der Waals surface area contributed by atoms with E-state index in [1.807, 2.05) is 6.92 Å². The molecule has 1 aliphatic rings. The van der Waals surface area contributed by atoms with E-state index in [1.165, 1.54) is 12.0 Å². The van der Waals surface area contributed by atoms with Crippen molar-refractivity contribution in [2.75, 3.05) is 0 Å². The van der Waals surface area contributed by atoms with Gasteiger partial charge in [0.25, 0.3) is 0 Å². The first-order chi connectivity index (χ1) is 4.70. The molecule has 0 atom stereocenters. The zero-order valence-corrected chi connectivity index (χ0v) is 6.81. The second-order valence-electron chi connectivity index (χ2n) is 3.17. The van der Waals surface area contributed by atoms with Gasteiger partial charge in [0.15, 0.2) is 0 Å². The molecule has 1 saturated heterocycles. The van der Waals surface area contributed by atoms with Crippen LogP contribution in [-0.4, -0.2) is 0 Å². The molecule has 0 bridgehead atoms. The summed E-state index contributed by atoms with van der Waals surface area (Å²) in [4.78, 5) is 9.16. The van der Waals surface area contributed by atoms with Gasteiger partial charge in [-0.2, -0.15) is 0 Å². The van der Waals surface area contributed by atoms with Crippen molar-refractivity contribution in [3.8, 4) is 0 Å². The fourth-order valence-electron chi connectivity index (χ4n) is 0.770. The fraction of sp³-hybridized carbons (Fsp3) is 0.750. The summed E-state index contributed by atoms with van der Waals surface area (Å²) in [7, 11) is 0. The van der Waals surface area contributed by atoms with Crippen LogP contribution in [0.1, 0.15) is 33.6 Å². The molecule has 0 radical (unpaired) electrons. The minimum absolute atomic E-state index is 0.737. The Kier molecular flexibility index (Phi) is 2.20. The highest BCUT2D eigenvalue weighted by Gasteiger charge is 2.21. The minimum atomic E-state index is 0.737. The smallest absolute Gasteiger partial charge is 0.242 e. The second-order valence-corrected chi connectivity index (χ2v) is 3.17. The third-order valence-corrected chi connectivity index (χ3v) is 1.61. The van der Waals surface area contributed by atoms with Gasteiger partial charge in [0.2, 0.25) is 0 Å². The third kappa shape index (κ3) is 2.29. The van der Waals surface area contributed by atoms with Gasteiger partial charge in [0.05, 0.1) is 0 Å². The van der Waals surface area contributed by atoms with Crippen molar-refractivity contribution in [3.05, 3.63) is 11.5 Å². The average molecular weight is 142 g/mol. The van der Waals surface area contributed by atoms with Crippen LogP contribution in [0.2, 0.25) is 0 Å². The van der Waals surface area contributed by atoms with E-state index >= 15 is 0 Å². The van der Waals surface area contributed by atoms with Crippen molar-refractivity contribution in [1.29, 1.82) is 0 Å². The quantitative estimate of drug-likeness (QED) is 0.447. The summed E-state index contributed by atoms with van der Waals surface area (Å²) in [5.74, 6) is 1.50. The molecule has 0 aromatic rings. The maximum absolute atomic E-state index is 4.58. The van der Waals surface area contributed by atoms with Gasteiger partial charge in [-0.1, -0.05) is 13.8 Å². The van der Waals surface area contributed by atoms with E-state index in [0.29, 0.717) is 0 Å². The summed E-state index contributed by atoms with van der Waals surface area (Å²) < 4.78 is 0. The fourth-order valence-corrected chi connectivity index (χ4v) is 0.770. The largest absolute Gasteiger partial charge is 0.378 e. The molecule has 1 fully saturated rings. The predicted octanol–water partition coefficient (Wildman–Crippen LogP) is 2.62. The third-order valence-electron chi connectivity index (χ3n) is 1.61. The van der Waals surface area contributed by atoms with Crippen LogP contribution >= 0.6 is 0 Å². The van der Waals surface area contributed by atoms with Gasteiger partial charge in [-0.05, 0) is 25.7 Å². The molecule has 1 heterocycles. The summed E-state index contributed by atoms with van der Waals surface area (Å²) in [6.45, 7) is 6.48. The van der Waals surface area contributed by atoms with E-state index in [1.54, 1.807) is 0 Å². The van der Waals surface area contributed by atoms with E-state index in [0.717, 1.165) is 18.3 Å². The van der Waals surface area contributed by atoms with Gasteiger partial charge in [0.1, 0.15) is 0 Å². The lowest BCUT2D eigenvalue weighted by molar-refractivity contribution is 0.0850. The Balaban J connectivity index is 2.19. The molecule has 0 aromatic heterocycles. The van der Waals surface area contributed by atoms with Crippen LogP contribution < -0.4 is 0 Å². The molecule has 2 heteroatoms. The van der Waals surface area contributed by atoms with Crippen LogP contribution in [0.25, 0.3) is 0 Å². The highest BCUT2D eigenvalue weighted by Crippen LogP contribution is 2.25.